The molecule has 1 fully saturated rings. The number of aryl methyl sites for hydroxylation is 1. The number of ether oxygens (including phenoxy) is 1. The quantitative estimate of drug-likeness (QED) is 0.200. The lowest BCUT2D eigenvalue weighted by molar-refractivity contribution is -0.132. The van der Waals surface area contributed by atoms with Crippen LogP contribution in [-0.2, 0) is 16.2 Å². The lowest BCUT2D eigenvalue weighted by Crippen LogP contribution is -2.29. The summed E-state index contributed by atoms with van der Waals surface area (Å²) in [7, 11) is 0. The van der Waals surface area contributed by atoms with Crippen molar-refractivity contribution in [1.82, 2.24) is 0 Å². The highest BCUT2D eigenvalue weighted by molar-refractivity contribution is 7.10. The topological polar surface area (TPSA) is 66.8 Å². The first-order valence-corrected chi connectivity index (χ1v) is 12.1. The zero-order valence-corrected chi connectivity index (χ0v) is 19.9. The Balaban J connectivity index is 1.52. The van der Waals surface area contributed by atoms with Gasteiger partial charge >= 0.3 is 0 Å². The van der Waals surface area contributed by atoms with Crippen molar-refractivity contribution in [3.8, 4) is 5.75 Å². The van der Waals surface area contributed by atoms with Crippen LogP contribution in [0.1, 0.15) is 27.6 Å². The Labute approximate surface area is 207 Å². The van der Waals surface area contributed by atoms with Crippen LogP contribution in [0.2, 0.25) is 0 Å². The Morgan fingerprint density at radius 2 is 1.66 bits per heavy atom. The number of Topliss-reactive ketones (excluding diaryl/α,β-unsaturated/α-hetero) is 1. The Kier molecular flexibility index (Phi) is 6.21. The van der Waals surface area contributed by atoms with E-state index in [0.29, 0.717) is 23.6 Å². The second-order valence-corrected chi connectivity index (χ2v) is 9.25. The maximum absolute atomic E-state index is 13.2. The zero-order valence-electron chi connectivity index (χ0n) is 19.0. The number of aliphatic hydroxyl groups is 1. The minimum Gasteiger partial charge on any atom is -0.507 e. The lowest BCUT2D eigenvalue weighted by atomic mass is 9.98. The van der Waals surface area contributed by atoms with Crippen molar-refractivity contribution >= 4 is 34.5 Å². The molecule has 0 bridgehead atoms. The summed E-state index contributed by atoms with van der Waals surface area (Å²) in [6.45, 7) is 2.31. The van der Waals surface area contributed by atoms with E-state index in [2.05, 4.69) is 0 Å². The molecule has 1 amide bonds. The zero-order chi connectivity index (χ0) is 24.4. The number of carbonyl (C=O) groups is 2. The predicted octanol–water partition coefficient (Wildman–Crippen LogP) is 6.26. The standard InChI is InChI=1S/C29H23NO4S/c1-19-17-21(14-15-23(19)34-18-20-9-4-2-5-10-20)27(31)25-26(24-13-8-16-35-24)30(29(33)28(25)32)22-11-6-3-7-12-22/h2-17,26,31H,18H2,1H3/b27-25-. The van der Waals surface area contributed by atoms with E-state index in [9.17, 15) is 14.7 Å². The van der Waals surface area contributed by atoms with E-state index >= 15 is 0 Å². The molecule has 0 spiro atoms. The number of para-hydroxylation sites is 1. The number of nitrogens with zero attached hydrogens (tertiary/aromatic N) is 1. The van der Waals surface area contributed by atoms with E-state index in [1.165, 1.54) is 16.2 Å². The van der Waals surface area contributed by atoms with E-state index in [1.54, 1.807) is 30.3 Å². The Morgan fingerprint density at radius 3 is 2.31 bits per heavy atom. The third-order valence-electron chi connectivity index (χ3n) is 5.98. The summed E-state index contributed by atoms with van der Waals surface area (Å²) in [5, 5.41) is 13.2. The maximum atomic E-state index is 13.2. The molecule has 2 heterocycles. The third-order valence-corrected chi connectivity index (χ3v) is 6.90. The fourth-order valence-electron chi connectivity index (χ4n) is 4.25. The number of carbonyl (C=O) groups excluding carboxylic acids is 2. The highest BCUT2D eigenvalue weighted by Crippen LogP contribution is 2.43. The number of rotatable bonds is 6. The molecular formula is C29H23NO4S. The first-order chi connectivity index (χ1) is 17.0. The van der Waals surface area contributed by atoms with Crippen molar-refractivity contribution in [2.75, 3.05) is 4.90 Å². The molecule has 1 aliphatic rings. The number of ketones is 1. The molecule has 35 heavy (non-hydrogen) atoms. The average molecular weight is 482 g/mol. The Bertz CT molecular complexity index is 1400. The molecular weight excluding hydrogens is 458 g/mol. The summed E-state index contributed by atoms with van der Waals surface area (Å²) >= 11 is 1.44. The lowest BCUT2D eigenvalue weighted by Gasteiger charge is -2.24. The van der Waals surface area contributed by atoms with Crippen LogP contribution in [0.15, 0.2) is 102 Å². The number of hydrogen-bond acceptors (Lipinski definition) is 5. The highest BCUT2D eigenvalue weighted by atomic mass is 32.1. The van der Waals surface area contributed by atoms with Gasteiger partial charge in [0.1, 0.15) is 24.2 Å². The van der Waals surface area contributed by atoms with Gasteiger partial charge < -0.3 is 9.84 Å². The van der Waals surface area contributed by atoms with Gasteiger partial charge in [0.15, 0.2) is 0 Å². The molecule has 1 aromatic heterocycles. The number of benzene rings is 3. The highest BCUT2D eigenvalue weighted by Gasteiger charge is 2.47. The van der Waals surface area contributed by atoms with Crippen molar-refractivity contribution in [3.63, 3.8) is 0 Å². The Morgan fingerprint density at radius 1 is 0.943 bits per heavy atom. The molecule has 0 saturated carbocycles. The number of hydrogen-bond donors (Lipinski definition) is 1. The summed E-state index contributed by atoms with van der Waals surface area (Å²) in [6.07, 6.45) is 0. The average Bonchev–Trinajstić information content (AvgIpc) is 3.51. The van der Waals surface area contributed by atoms with Crippen molar-refractivity contribution in [2.45, 2.75) is 19.6 Å². The van der Waals surface area contributed by atoms with E-state index in [1.807, 2.05) is 73.0 Å². The van der Waals surface area contributed by atoms with Crippen LogP contribution in [0.3, 0.4) is 0 Å². The van der Waals surface area contributed by atoms with Crippen molar-refractivity contribution in [2.24, 2.45) is 0 Å². The first kappa shape index (κ1) is 22.6. The summed E-state index contributed by atoms with van der Waals surface area (Å²) in [5.74, 6) is -0.870. The van der Waals surface area contributed by atoms with Crippen LogP contribution in [-0.4, -0.2) is 16.8 Å². The van der Waals surface area contributed by atoms with Gasteiger partial charge in [0.2, 0.25) is 0 Å². The van der Waals surface area contributed by atoms with E-state index in [-0.39, 0.29) is 11.3 Å². The predicted molar refractivity (Wildman–Crippen MR) is 137 cm³/mol. The van der Waals surface area contributed by atoms with Crippen LogP contribution >= 0.6 is 11.3 Å². The largest absolute Gasteiger partial charge is 0.507 e. The van der Waals surface area contributed by atoms with Gasteiger partial charge in [-0.2, -0.15) is 0 Å². The van der Waals surface area contributed by atoms with Gasteiger partial charge in [-0.15, -0.1) is 11.3 Å². The summed E-state index contributed by atoms with van der Waals surface area (Å²) in [4.78, 5) is 28.6. The molecule has 3 aromatic carbocycles. The SMILES string of the molecule is Cc1cc(/C(O)=C2/C(=O)C(=O)N(c3ccccc3)C2c2cccs2)ccc1OCc1ccccc1. The first-order valence-electron chi connectivity index (χ1n) is 11.2. The monoisotopic (exact) mass is 481 g/mol. The van der Waals surface area contributed by atoms with E-state index < -0.39 is 17.7 Å². The molecule has 0 aliphatic carbocycles. The van der Waals surface area contributed by atoms with Crippen LogP contribution in [0.4, 0.5) is 5.69 Å². The minimum absolute atomic E-state index is 0.0821. The van der Waals surface area contributed by atoms with Gasteiger partial charge in [0.05, 0.1) is 5.57 Å². The number of thiophene rings is 1. The molecule has 174 valence electrons. The van der Waals surface area contributed by atoms with Gasteiger partial charge in [-0.25, -0.2) is 0 Å². The van der Waals surface area contributed by atoms with E-state index in [4.69, 9.17) is 4.74 Å². The van der Waals surface area contributed by atoms with Crippen LogP contribution in [0, 0.1) is 6.92 Å². The van der Waals surface area contributed by atoms with Crippen molar-refractivity contribution in [1.29, 1.82) is 0 Å². The van der Waals surface area contributed by atoms with Crippen molar-refractivity contribution < 1.29 is 19.4 Å². The van der Waals surface area contributed by atoms with Crippen LogP contribution < -0.4 is 9.64 Å². The fourth-order valence-corrected chi connectivity index (χ4v) is 5.08. The van der Waals surface area contributed by atoms with Crippen LogP contribution in [0.25, 0.3) is 5.76 Å². The molecule has 1 N–H and O–H groups in total. The second kappa shape index (κ2) is 9.60. The summed E-state index contributed by atoms with van der Waals surface area (Å²) in [6, 6.07) is 27.2. The smallest absolute Gasteiger partial charge is 0.300 e. The van der Waals surface area contributed by atoms with Gasteiger partial charge in [0.25, 0.3) is 11.7 Å². The minimum atomic E-state index is -0.702. The van der Waals surface area contributed by atoms with Gasteiger partial charge in [-0.05, 0) is 59.8 Å². The van der Waals surface area contributed by atoms with E-state index in [0.717, 1.165) is 16.0 Å². The van der Waals surface area contributed by atoms with Crippen molar-refractivity contribution in [3.05, 3.63) is 124 Å². The maximum Gasteiger partial charge on any atom is 0.300 e. The van der Waals surface area contributed by atoms with Gasteiger partial charge in [0, 0.05) is 16.1 Å². The molecule has 1 unspecified atom stereocenters. The number of anilines is 1. The Hall–Kier alpha value is -4.16. The number of amides is 1. The molecule has 0 radical (unpaired) electrons. The number of aliphatic hydroxyl groups excluding tert-OH is 1. The normalized spacial score (nSPS) is 17.1. The summed E-state index contributed by atoms with van der Waals surface area (Å²) < 4.78 is 5.95. The molecule has 5 rings (SSSR count). The van der Waals surface area contributed by atoms with Gasteiger partial charge in [-0.1, -0.05) is 54.6 Å². The second-order valence-electron chi connectivity index (χ2n) is 8.27. The fraction of sp³-hybridized carbons (Fsp3) is 0.103. The molecule has 6 heteroatoms. The third kappa shape index (κ3) is 4.36. The molecule has 5 nitrogen and oxygen atoms in total. The molecule has 1 atom stereocenters. The molecule has 1 saturated heterocycles. The van der Waals surface area contributed by atoms with Gasteiger partial charge in [-0.3, -0.25) is 14.5 Å². The van der Waals surface area contributed by atoms with Crippen LogP contribution in [0.5, 0.6) is 5.75 Å². The summed E-state index contributed by atoms with van der Waals surface area (Å²) in [5.41, 5.74) is 3.01. The molecule has 4 aromatic rings. The molecule has 1 aliphatic heterocycles.